The van der Waals surface area contributed by atoms with Crippen LogP contribution in [0.25, 0.3) is 0 Å². The third-order valence-corrected chi connectivity index (χ3v) is 4.22. The first kappa shape index (κ1) is 15.7. The molecule has 1 amide bonds. The number of carbonyl (C=O) groups excluding carboxylic acids is 1. The Morgan fingerprint density at radius 1 is 1.29 bits per heavy atom. The summed E-state index contributed by atoms with van der Waals surface area (Å²) in [5.41, 5.74) is 0. The van der Waals surface area contributed by atoms with E-state index in [0.29, 0.717) is 0 Å². The number of alkyl carbamates (subject to hydrolysis) is 1. The van der Waals surface area contributed by atoms with E-state index in [0.717, 1.165) is 28.1 Å². The molecule has 0 aromatic rings. The van der Waals surface area contributed by atoms with Gasteiger partial charge in [0.25, 0.3) is 10.1 Å². The second kappa shape index (κ2) is 5.32. The second-order valence-corrected chi connectivity index (χ2v) is 5.93. The van der Waals surface area contributed by atoms with Crippen molar-refractivity contribution in [3.63, 3.8) is 0 Å². The summed E-state index contributed by atoms with van der Waals surface area (Å²) in [7, 11) is -2.20. The number of carbonyl (C=O) groups is 2. The minimum absolute atomic E-state index is 0.911. The van der Waals surface area contributed by atoms with Gasteiger partial charge in [-0.3, -0.25) is 4.18 Å². The molecule has 0 bridgehead atoms. The van der Waals surface area contributed by atoms with Gasteiger partial charge in [-0.2, -0.15) is 8.42 Å². The lowest BCUT2D eigenvalue weighted by Crippen LogP contribution is -2.57. The number of amides is 1. The molecule has 0 heterocycles. The maximum Gasteiger partial charge on any atom is 0.407 e. The van der Waals surface area contributed by atoms with Crippen molar-refractivity contribution in [1.29, 1.82) is 0 Å². The van der Waals surface area contributed by atoms with Gasteiger partial charge < -0.3 is 15.2 Å². The van der Waals surface area contributed by atoms with Crippen LogP contribution in [0.5, 0.6) is 0 Å². The molecule has 9 heteroatoms. The number of carboxylic acid groups (broad SMARTS) is 1. The molecule has 0 saturated carbocycles. The van der Waals surface area contributed by atoms with Gasteiger partial charge in [-0.25, -0.2) is 9.59 Å². The first-order chi connectivity index (χ1) is 7.60. The summed E-state index contributed by atoms with van der Waals surface area (Å²) >= 11 is 0. The predicted octanol–water partition coefficient (Wildman–Crippen LogP) is -0.450. The molecule has 0 aromatic carbocycles. The molecule has 1 atom stereocenters. The summed E-state index contributed by atoms with van der Waals surface area (Å²) in [6.07, 6.45) is -1.04. The molecule has 0 spiro atoms. The van der Waals surface area contributed by atoms with Crippen LogP contribution in [0.4, 0.5) is 4.79 Å². The monoisotopic (exact) mass is 269 g/mol. The highest BCUT2D eigenvalue weighted by Gasteiger charge is 2.47. The van der Waals surface area contributed by atoms with E-state index in [9.17, 15) is 18.0 Å². The van der Waals surface area contributed by atoms with E-state index in [4.69, 9.17) is 5.11 Å². The largest absolute Gasteiger partial charge is 0.480 e. The van der Waals surface area contributed by atoms with Crippen LogP contribution in [0.15, 0.2) is 0 Å². The standard InChI is InChI=1S/C8H15NO7S/c1-8(2,17(13,14)16-4)5(6(10)11)9-7(12)15-3/h5H,1-4H3,(H,9,12)(H,10,11)/t5-/m1/s1. The summed E-state index contributed by atoms with van der Waals surface area (Å²) in [4.78, 5) is 21.9. The molecule has 0 saturated heterocycles. The van der Waals surface area contributed by atoms with Crippen molar-refractivity contribution in [2.45, 2.75) is 24.6 Å². The first-order valence-electron chi connectivity index (χ1n) is 4.47. The second-order valence-electron chi connectivity index (χ2n) is 3.63. The number of aliphatic carboxylic acids is 1. The van der Waals surface area contributed by atoms with Crippen LogP contribution >= 0.6 is 0 Å². The van der Waals surface area contributed by atoms with Crippen molar-refractivity contribution in [2.75, 3.05) is 14.2 Å². The predicted molar refractivity (Wildman–Crippen MR) is 57.0 cm³/mol. The Morgan fingerprint density at radius 3 is 2.06 bits per heavy atom. The SMILES string of the molecule is COC(=O)N[C@H](C(=O)O)C(C)(C)S(=O)(=O)OC. The zero-order valence-electron chi connectivity index (χ0n) is 9.88. The fraction of sp³-hybridized carbons (Fsp3) is 0.750. The highest BCUT2D eigenvalue weighted by Crippen LogP contribution is 2.22. The number of hydrogen-bond acceptors (Lipinski definition) is 6. The van der Waals surface area contributed by atoms with E-state index in [1.807, 2.05) is 5.32 Å². The average molecular weight is 269 g/mol. The molecule has 0 unspecified atom stereocenters. The van der Waals surface area contributed by atoms with Crippen LogP contribution < -0.4 is 5.32 Å². The van der Waals surface area contributed by atoms with Crippen molar-refractivity contribution in [3.05, 3.63) is 0 Å². The fourth-order valence-corrected chi connectivity index (χ4v) is 1.95. The molecular weight excluding hydrogens is 254 g/mol. The Labute approximate surface area is 99.0 Å². The van der Waals surface area contributed by atoms with Crippen molar-refractivity contribution >= 4 is 22.2 Å². The number of methoxy groups -OCH3 is 1. The van der Waals surface area contributed by atoms with Gasteiger partial charge in [0.1, 0.15) is 4.75 Å². The van der Waals surface area contributed by atoms with Gasteiger partial charge in [0.2, 0.25) is 0 Å². The van der Waals surface area contributed by atoms with E-state index in [-0.39, 0.29) is 0 Å². The Bertz CT molecular complexity index is 400. The minimum atomic E-state index is -4.15. The van der Waals surface area contributed by atoms with Gasteiger partial charge in [0.15, 0.2) is 6.04 Å². The van der Waals surface area contributed by atoms with Crippen molar-refractivity contribution in [2.24, 2.45) is 0 Å². The Morgan fingerprint density at radius 2 is 1.76 bits per heavy atom. The van der Waals surface area contributed by atoms with Crippen LogP contribution in [0.2, 0.25) is 0 Å². The molecule has 0 aliphatic rings. The van der Waals surface area contributed by atoms with Crippen LogP contribution in [-0.4, -0.2) is 50.6 Å². The fourth-order valence-electron chi connectivity index (χ4n) is 1.07. The highest BCUT2D eigenvalue weighted by molar-refractivity contribution is 7.88. The summed E-state index contributed by atoms with van der Waals surface area (Å²) in [6, 6.07) is -1.69. The van der Waals surface area contributed by atoms with Crippen LogP contribution in [0.1, 0.15) is 13.8 Å². The lowest BCUT2D eigenvalue weighted by molar-refractivity contribution is -0.140. The van der Waals surface area contributed by atoms with Gasteiger partial charge in [-0.15, -0.1) is 0 Å². The van der Waals surface area contributed by atoms with Gasteiger partial charge in [-0.1, -0.05) is 0 Å². The maximum atomic E-state index is 11.6. The molecule has 17 heavy (non-hydrogen) atoms. The summed E-state index contributed by atoms with van der Waals surface area (Å²) in [6.45, 7) is 2.25. The third-order valence-electron chi connectivity index (χ3n) is 2.25. The molecule has 0 rings (SSSR count). The number of rotatable bonds is 5. The summed E-state index contributed by atoms with van der Waals surface area (Å²) in [5.74, 6) is -1.51. The average Bonchev–Trinajstić information content (AvgIpc) is 2.24. The lowest BCUT2D eigenvalue weighted by Gasteiger charge is -2.29. The molecule has 100 valence electrons. The van der Waals surface area contributed by atoms with Gasteiger partial charge >= 0.3 is 12.1 Å². The summed E-state index contributed by atoms with van der Waals surface area (Å²) in [5, 5.41) is 10.8. The molecular formula is C8H15NO7S. The van der Waals surface area contributed by atoms with Crippen LogP contribution in [0.3, 0.4) is 0 Å². The Balaban J connectivity index is 5.34. The number of ether oxygens (including phenoxy) is 1. The molecule has 0 aromatic heterocycles. The van der Waals surface area contributed by atoms with Crippen molar-refractivity contribution in [1.82, 2.24) is 5.32 Å². The maximum absolute atomic E-state index is 11.6. The smallest absolute Gasteiger partial charge is 0.407 e. The molecule has 0 fully saturated rings. The minimum Gasteiger partial charge on any atom is -0.480 e. The molecule has 2 N–H and O–H groups in total. The molecule has 0 aliphatic heterocycles. The van der Waals surface area contributed by atoms with E-state index >= 15 is 0 Å². The highest BCUT2D eigenvalue weighted by atomic mass is 32.2. The third kappa shape index (κ3) is 3.30. The first-order valence-corrected chi connectivity index (χ1v) is 5.88. The lowest BCUT2D eigenvalue weighted by atomic mass is 10.0. The van der Waals surface area contributed by atoms with E-state index in [1.165, 1.54) is 0 Å². The quantitative estimate of drug-likeness (QED) is 0.649. The number of carboxylic acids is 1. The topological polar surface area (TPSA) is 119 Å². The van der Waals surface area contributed by atoms with E-state index < -0.39 is 33.0 Å². The van der Waals surface area contributed by atoms with E-state index in [2.05, 4.69) is 8.92 Å². The molecule has 0 aliphatic carbocycles. The van der Waals surface area contributed by atoms with Crippen LogP contribution in [0, 0.1) is 0 Å². The van der Waals surface area contributed by atoms with Gasteiger partial charge in [0, 0.05) is 0 Å². The van der Waals surface area contributed by atoms with Gasteiger partial charge in [-0.05, 0) is 13.8 Å². The zero-order valence-corrected chi connectivity index (χ0v) is 10.7. The van der Waals surface area contributed by atoms with Crippen molar-refractivity contribution in [3.8, 4) is 0 Å². The Hall–Kier alpha value is -1.35. The zero-order chi connectivity index (χ0) is 13.9. The Kier molecular flexibility index (Phi) is 4.90. The number of hydrogen-bond donors (Lipinski definition) is 2. The van der Waals surface area contributed by atoms with Crippen molar-refractivity contribution < 1.29 is 32.0 Å². The van der Waals surface area contributed by atoms with Crippen LogP contribution in [-0.2, 0) is 23.8 Å². The van der Waals surface area contributed by atoms with Gasteiger partial charge in [0.05, 0.1) is 14.2 Å². The molecule has 0 radical (unpaired) electrons. The normalized spacial score (nSPS) is 13.9. The molecule has 8 nitrogen and oxygen atoms in total. The number of nitrogens with one attached hydrogen (secondary N) is 1. The van der Waals surface area contributed by atoms with E-state index in [1.54, 1.807) is 0 Å². The summed E-state index contributed by atoms with van der Waals surface area (Å²) < 4.78 is 29.8.